The molecule has 2 aromatic heterocycles. The molecule has 0 aliphatic carbocycles. The van der Waals surface area contributed by atoms with Gasteiger partial charge in [0.05, 0.1) is 5.69 Å². The summed E-state index contributed by atoms with van der Waals surface area (Å²) >= 11 is 3.27. The maximum atomic E-state index is 12.3. The number of amides is 1. The van der Waals surface area contributed by atoms with Crippen molar-refractivity contribution in [2.24, 2.45) is 0 Å². The molecule has 11 heteroatoms. The summed E-state index contributed by atoms with van der Waals surface area (Å²) in [6, 6.07) is 7.36. The molecular formula is C15H10BrN5O5. The number of hydrogen-bond donors (Lipinski definition) is 4. The molecule has 0 bridgehead atoms. The van der Waals surface area contributed by atoms with E-state index >= 15 is 0 Å². The van der Waals surface area contributed by atoms with Gasteiger partial charge in [0, 0.05) is 16.7 Å². The molecule has 0 radical (unpaired) electrons. The zero-order valence-corrected chi connectivity index (χ0v) is 14.4. The minimum atomic E-state index is -0.939. The molecule has 10 nitrogen and oxygen atoms in total. The van der Waals surface area contributed by atoms with Crippen LogP contribution in [0, 0.1) is 0 Å². The van der Waals surface area contributed by atoms with Crippen LogP contribution in [0.1, 0.15) is 10.5 Å². The third-order valence-corrected chi connectivity index (χ3v) is 3.79. The highest BCUT2D eigenvalue weighted by Gasteiger charge is 2.18. The van der Waals surface area contributed by atoms with Gasteiger partial charge in [0.2, 0.25) is 0 Å². The monoisotopic (exact) mass is 419 g/mol. The van der Waals surface area contributed by atoms with Crippen LogP contribution in [-0.4, -0.2) is 30.8 Å². The quantitative estimate of drug-likeness (QED) is 0.480. The molecule has 2 heterocycles. The van der Waals surface area contributed by atoms with Crippen molar-refractivity contribution in [1.82, 2.24) is 19.7 Å². The van der Waals surface area contributed by atoms with Crippen LogP contribution in [0.15, 0.2) is 55.4 Å². The van der Waals surface area contributed by atoms with E-state index in [0.29, 0.717) is 5.69 Å². The number of H-pyrrole nitrogens is 2. The Morgan fingerprint density at radius 3 is 2.54 bits per heavy atom. The van der Waals surface area contributed by atoms with Gasteiger partial charge in [-0.3, -0.25) is 19.4 Å². The summed E-state index contributed by atoms with van der Waals surface area (Å²) in [4.78, 5) is 51.1. The highest BCUT2D eigenvalue weighted by Crippen LogP contribution is 2.16. The van der Waals surface area contributed by atoms with Crippen LogP contribution in [0.4, 0.5) is 5.69 Å². The molecule has 0 aliphatic rings. The lowest BCUT2D eigenvalue weighted by atomic mass is 10.3. The van der Waals surface area contributed by atoms with Gasteiger partial charge in [-0.1, -0.05) is 15.9 Å². The van der Waals surface area contributed by atoms with E-state index in [1.165, 1.54) is 0 Å². The molecule has 132 valence electrons. The lowest BCUT2D eigenvalue weighted by Crippen LogP contribution is -2.29. The number of rotatable bonds is 3. The van der Waals surface area contributed by atoms with E-state index in [2.05, 4.69) is 31.3 Å². The molecule has 0 unspecified atom stereocenters. The van der Waals surface area contributed by atoms with Crippen molar-refractivity contribution < 1.29 is 9.90 Å². The summed E-state index contributed by atoms with van der Waals surface area (Å²) in [6.45, 7) is 0. The molecule has 0 saturated carbocycles. The van der Waals surface area contributed by atoms with Crippen LogP contribution < -0.4 is 22.1 Å². The van der Waals surface area contributed by atoms with Gasteiger partial charge in [0.15, 0.2) is 11.4 Å². The number of carbonyl (C=O) groups is 1. The molecule has 0 spiro atoms. The molecular weight excluding hydrogens is 410 g/mol. The van der Waals surface area contributed by atoms with Crippen LogP contribution >= 0.6 is 15.9 Å². The Morgan fingerprint density at radius 2 is 1.88 bits per heavy atom. The summed E-state index contributed by atoms with van der Waals surface area (Å²) in [5.41, 5.74) is -2.58. The van der Waals surface area contributed by atoms with E-state index in [4.69, 9.17) is 0 Å². The predicted molar refractivity (Wildman–Crippen MR) is 94.8 cm³/mol. The SMILES string of the molecule is O=C(Nc1c[nH]c(=O)[nH]c1=O)c1nn(-c2ccc(Br)cc2)c(=O)cc1O. The van der Waals surface area contributed by atoms with Gasteiger partial charge >= 0.3 is 5.69 Å². The van der Waals surface area contributed by atoms with E-state index < -0.39 is 34.2 Å². The number of aromatic hydroxyl groups is 1. The molecule has 0 aliphatic heterocycles. The molecule has 3 aromatic rings. The van der Waals surface area contributed by atoms with Crippen molar-refractivity contribution in [3.8, 4) is 11.4 Å². The number of benzene rings is 1. The minimum absolute atomic E-state index is 0.253. The highest BCUT2D eigenvalue weighted by molar-refractivity contribution is 9.10. The van der Waals surface area contributed by atoms with Gasteiger partial charge in [-0.25, -0.2) is 4.79 Å². The Kier molecular flexibility index (Phi) is 4.54. The molecule has 1 amide bonds. The number of aromatic amines is 2. The van der Waals surface area contributed by atoms with Gasteiger partial charge < -0.3 is 15.4 Å². The topological polar surface area (TPSA) is 150 Å². The van der Waals surface area contributed by atoms with Crippen LogP contribution in [0.25, 0.3) is 5.69 Å². The first-order chi connectivity index (χ1) is 12.3. The lowest BCUT2D eigenvalue weighted by Gasteiger charge is -2.09. The molecule has 0 atom stereocenters. The van der Waals surface area contributed by atoms with E-state index in [1.807, 2.05) is 4.98 Å². The van der Waals surface area contributed by atoms with Crippen molar-refractivity contribution in [2.45, 2.75) is 0 Å². The fraction of sp³-hybridized carbons (Fsp3) is 0. The summed E-state index contributed by atoms with van der Waals surface area (Å²) in [6.07, 6.45) is 1.00. The number of aromatic nitrogens is 4. The average molecular weight is 420 g/mol. The lowest BCUT2D eigenvalue weighted by molar-refractivity contribution is 0.101. The van der Waals surface area contributed by atoms with Crippen LogP contribution in [-0.2, 0) is 0 Å². The molecule has 0 saturated heterocycles. The minimum Gasteiger partial charge on any atom is -0.505 e. The third kappa shape index (κ3) is 3.47. The van der Waals surface area contributed by atoms with Gasteiger partial charge in [0.25, 0.3) is 17.0 Å². The highest BCUT2D eigenvalue weighted by atomic mass is 79.9. The number of carbonyl (C=O) groups excluding carboxylic acids is 1. The Morgan fingerprint density at radius 1 is 1.19 bits per heavy atom. The standard InChI is InChI=1S/C15H10BrN5O5/c16-7-1-3-8(4-2-7)21-11(23)5-10(22)12(20-21)14(25)18-9-6-17-15(26)19-13(9)24/h1-6,22H,(H,18,25)(H2,17,19,24,26). The first kappa shape index (κ1) is 17.4. The maximum Gasteiger partial charge on any atom is 0.325 e. The second-order valence-corrected chi connectivity index (χ2v) is 5.96. The van der Waals surface area contributed by atoms with Gasteiger partial charge in [0.1, 0.15) is 5.69 Å². The number of halogens is 1. The van der Waals surface area contributed by atoms with E-state index in [1.54, 1.807) is 24.3 Å². The van der Waals surface area contributed by atoms with Gasteiger partial charge in [-0.2, -0.15) is 9.78 Å². The van der Waals surface area contributed by atoms with Gasteiger partial charge in [-0.05, 0) is 24.3 Å². The number of nitrogens with zero attached hydrogens (tertiary/aromatic N) is 2. The smallest absolute Gasteiger partial charge is 0.325 e. The van der Waals surface area contributed by atoms with E-state index in [-0.39, 0.29) is 5.69 Å². The Balaban J connectivity index is 2.01. The summed E-state index contributed by atoms with van der Waals surface area (Å²) in [5, 5.41) is 15.9. The van der Waals surface area contributed by atoms with Crippen molar-refractivity contribution >= 4 is 27.5 Å². The Bertz CT molecular complexity index is 1160. The number of nitrogens with one attached hydrogen (secondary N) is 3. The summed E-state index contributed by atoms with van der Waals surface area (Å²) in [7, 11) is 0. The normalized spacial score (nSPS) is 10.5. The Labute approximate surface area is 152 Å². The maximum absolute atomic E-state index is 12.3. The van der Waals surface area contributed by atoms with Crippen molar-refractivity contribution in [2.75, 3.05) is 5.32 Å². The largest absolute Gasteiger partial charge is 0.505 e. The van der Waals surface area contributed by atoms with Crippen LogP contribution in [0.2, 0.25) is 0 Å². The second kappa shape index (κ2) is 6.80. The van der Waals surface area contributed by atoms with Crippen molar-refractivity contribution in [3.05, 3.63) is 77.9 Å². The zero-order chi connectivity index (χ0) is 18.8. The molecule has 3 rings (SSSR count). The van der Waals surface area contributed by atoms with Crippen LogP contribution in [0.3, 0.4) is 0 Å². The van der Waals surface area contributed by atoms with Crippen molar-refractivity contribution in [1.29, 1.82) is 0 Å². The fourth-order valence-electron chi connectivity index (χ4n) is 2.06. The van der Waals surface area contributed by atoms with E-state index in [9.17, 15) is 24.3 Å². The zero-order valence-electron chi connectivity index (χ0n) is 12.8. The second-order valence-electron chi connectivity index (χ2n) is 5.04. The summed E-state index contributed by atoms with van der Waals surface area (Å²) < 4.78 is 1.71. The molecule has 4 N–H and O–H groups in total. The molecule has 26 heavy (non-hydrogen) atoms. The Hall–Kier alpha value is -3.47. The molecule has 1 aromatic carbocycles. The van der Waals surface area contributed by atoms with Crippen LogP contribution in [0.5, 0.6) is 5.75 Å². The first-order valence-corrected chi connectivity index (χ1v) is 7.87. The predicted octanol–water partition coefficient (Wildman–Crippen LogP) is 0.330. The van der Waals surface area contributed by atoms with Gasteiger partial charge in [-0.15, -0.1) is 0 Å². The molecule has 0 fully saturated rings. The fourth-order valence-corrected chi connectivity index (χ4v) is 2.32. The van der Waals surface area contributed by atoms with Crippen molar-refractivity contribution in [3.63, 3.8) is 0 Å². The summed E-state index contributed by atoms with van der Waals surface area (Å²) in [5.74, 6) is -1.59. The third-order valence-electron chi connectivity index (χ3n) is 3.27. The first-order valence-electron chi connectivity index (χ1n) is 7.08. The average Bonchev–Trinajstić information content (AvgIpc) is 2.58. The number of hydrogen-bond acceptors (Lipinski definition) is 6. The number of anilines is 1. The van der Waals surface area contributed by atoms with E-state index in [0.717, 1.165) is 21.4 Å².